The normalized spacial score (nSPS) is 14.7. The van der Waals surface area contributed by atoms with Crippen LogP contribution in [0.5, 0.6) is 11.5 Å². The first kappa shape index (κ1) is 16.5. The van der Waals surface area contributed by atoms with Crippen molar-refractivity contribution in [2.75, 3.05) is 20.8 Å². The first-order chi connectivity index (χ1) is 10.6. The molecule has 5 nitrogen and oxygen atoms in total. The molecule has 0 saturated heterocycles. The second-order valence-corrected chi connectivity index (χ2v) is 5.77. The van der Waals surface area contributed by atoms with Gasteiger partial charge in [0.2, 0.25) is 0 Å². The fraction of sp³-hybridized carbons (Fsp3) is 0.588. The molecule has 122 valence electrons. The fourth-order valence-electron chi connectivity index (χ4n) is 2.91. The maximum atomic E-state index is 11.8. The maximum absolute atomic E-state index is 11.8. The van der Waals surface area contributed by atoms with Crippen molar-refractivity contribution in [3.05, 3.63) is 23.3 Å². The molecule has 2 N–H and O–H groups in total. The van der Waals surface area contributed by atoms with E-state index in [1.807, 2.05) is 19.1 Å². The molecule has 0 unspecified atom stereocenters. The van der Waals surface area contributed by atoms with Crippen LogP contribution in [0.3, 0.4) is 0 Å². The van der Waals surface area contributed by atoms with E-state index in [2.05, 4.69) is 10.6 Å². The van der Waals surface area contributed by atoms with E-state index in [-0.39, 0.29) is 6.03 Å². The smallest absolute Gasteiger partial charge is 0.315 e. The third kappa shape index (κ3) is 4.29. The molecule has 0 spiro atoms. The Balaban J connectivity index is 1.84. The van der Waals surface area contributed by atoms with Crippen LogP contribution in [-0.4, -0.2) is 32.8 Å². The van der Waals surface area contributed by atoms with Gasteiger partial charge in [-0.2, -0.15) is 0 Å². The van der Waals surface area contributed by atoms with Gasteiger partial charge >= 0.3 is 6.03 Å². The Morgan fingerprint density at radius 3 is 2.45 bits per heavy atom. The molecule has 1 aromatic rings. The molecular weight excluding hydrogens is 280 g/mol. The second kappa shape index (κ2) is 7.92. The maximum Gasteiger partial charge on any atom is 0.315 e. The van der Waals surface area contributed by atoms with E-state index in [1.54, 1.807) is 14.2 Å². The lowest BCUT2D eigenvalue weighted by Crippen LogP contribution is -2.41. The molecule has 1 aromatic carbocycles. The van der Waals surface area contributed by atoms with Crippen LogP contribution in [0.2, 0.25) is 0 Å². The predicted molar refractivity (Wildman–Crippen MR) is 86.8 cm³/mol. The highest BCUT2D eigenvalue weighted by atomic mass is 16.5. The zero-order valence-corrected chi connectivity index (χ0v) is 13.7. The zero-order valence-electron chi connectivity index (χ0n) is 13.7. The number of nitrogens with one attached hydrogen (secondary N) is 2. The van der Waals surface area contributed by atoms with Gasteiger partial charge in [0.1, 0.15) is 0 Å². The average molecular weight is 306 g/mol. The van der Waals surface area contributed by atoms with Gasteiger partial charge in [-0.25, -0.2) is 4.79 Å². The van der Waals surface area contributed by atoms with Crippen molar-refractivity contribution >= 4 is 6.03 Å². The summed E-state index contributed by atoms with van der Waals surface area (Å²) in [5.74, 6) is 1.45. The number of carbonyl (C=O) groups excluding carboxylic acids is 1. The van der Waals surface area contributed by atoms with Crippen molar-refractivity contribution in [1.82, 2.24) is 10.6 Å². The third-order valence-corrected chi connectivity index (χ3v) is 4.21. The number of rotatable bonds is 6. The van der Waals surface area contributed by atoms with Crippen LogP contribution in [0.25, 0.3) is 0 Å². The van der Waals surface area contributed by atoms with Crippen molar-refractivity contribution in [2.45, 2.75) is 45.1 Å². The van der Waals surface area contributed by atoms with Crippen LogP contribution in [0.1, 0.15) is 36.8 Å². The fourth-order valence-corrected chi connectivity index (χ4v) is 2.91. The van der Waals surface area contributed by atoms with Gasteiger partial charge < -0.3 is 20.1 Å². The highest BCUT2D eigenvalue weighted by molar-refractivity contribution is 5.74. The molecule has 0 heterocycles. The summed E-state index contributed by atoms with van der Waals surface area (Å²) >= 11 is 0. The molecule has 1 fully saturated rings. The van der Waals surface area contributed by atoms with E-state index in [0.717, 1.165) is 41.9 Å². The molecule has 1 aliphatic carbocycles. The number of carbonyl (C=O) groups is 1. The van der Waals surface area contributed by atoms with Crippen molar-refractivity contribution in [1.29, 1.82) is 0 Å². The summed E-state index contributed by atoms with van der Waals surface area (Å²) < 4.78 is 10.6. The predicted octanol–water partition coefficient (Wildman–Crippen LogP) is 2.80. The molecule has 0 aromatic heterocycles. The topological polar surface area (TPSA) is 59.6 Å². The number of amides is 2. The van der Waals surface area contributed by atoms with Crippen LogP contribution in [-0.2, 0) is 6.42 Å². The molecule has 1 aliphatic rings. The van der Waals surface area contributed by atoms with E-state index in [9.17, 15) is 4.79 Å². The summed E-state index contributed by atoms with van der Waals surface area (Å²) in [7, 11) is 3.26. The summed E-state index contributed by atoms with van der Waals surface area (Å²) in [5, 5.41) is 5.96. The molecule has 0 atom stereocenters. The lowest BCUT2D eigenvalue weighted by Gasteiger charge is -2.15. The standard InChI is InChI=1S/C17H26N2O3/c1-12-10-15(21-2)16(22-3)11-13(12)8-9-18-17(20)19-14-6-4-5-7-14/h10-11,14H,4-9H2,1-3H3,(H2,18,19,20). The van der Waals surface area contributed by atoms with E-state index in [4.69, 9.17) is 9.47 Å². The number of hydrogen-bond donors (Lipinski definition) is 2. The van der Waals surface area contributed by atoms with Crippen LogP contribution in [0.15, 0.2) is 12.1 Å². The molecular formula is C17H26N2O3. The van der Waals surface area contributed by atoms with Gasteiger partial charge in [-0.05, 0) is 49.4 Å². The minimum Gasteiger partial charge on any atom is -0.493 e. The highest BCUT2D eigenvalue weighted by Gasteiger charge is 2.16. The minimum atomic E-state index is -0.0648. The van der Waals surface area contributed by atoms with Gasteiger partial charge in [-0.15, -0.1) is 0 Å². The van der Waals surface area contributed by atoms with Crippen LogP contribution >= 0.6 is 0 Å². The summed E-state index contributed by atoms with van der Waals surface area (Å²) in [4.78, 5) is 11.8. The average Bonchev–Trinajstić information content (AvgIpc) is 3.01. The minimum absolute atomic E-state index is 0.0648. The molecule has 2 rings (SSSR count). The number of aryl methyl sites for hydroxylation is 1. The lowest BCUT2D eigenvalue weighted by atomic mass is 10.0. The van der Waals surface area contributed by atoms with E-state index >= 15 is 0 Å². The number of hydrogen-bond acceptors (Lipinski definition) is 3. The van der Waals surface area contributed by atoms with Gasteiger partial charge in [0.05, 0.1) is 14.2 Å². The summed E-state index contributed by atoms with van der Waals surface area (Å²) in [6, 6.07) is 4.23. The Kier molecular flexibility index (Phi) is 5.92. The Bertz CT molecular complexity index is 511. The Labute approximate surface area is 132 Å². The summed E-state index contributed by atoms with van der Waals surface area (Å²) in [5.41, 5.74) is 2.29. The molecule has 5 heteroatoms. The number of urea groups is 1. The van der Waals surface area contributed by atoms with Gasteiger partial charge in [0.15, 0.2) is 11.5 Å². The van der Waals surface area contributed by atoms with Gasteiger partial charge in [-0.3, -0.25) is 0 Å². The number of methoxy groups -OCH3 is 2. The molecule has 0 bridgehead atoms. The molecule has 1 saturated carbocycles. The van der Waals surface area contributed by atoms with Gasteiger partial charge in [0, 0.05) is 12.6 Å². The second-order valence-electron chi connectivity index (χ2n) is 5.77. The Hall–Kier alpha value is -1.91. The molecule has 0 aliphatic heterocycles. The number of ether oxygens (including phenoxy) is 2. The SMILES string of the molecule is COc1cc(C)c(CCNC(=O)NC2CCCC2)cc1OC. The highest BCUT2D eigenvalue weighted by Crippen LogP contribution is 2.30. The zero-order chi connectivity index (χ0) is 15.9. The third-order valence-electron chi connectivity index (χ3n) is 4.21. The van der Waals surface area contributed by atoms with Crippen LogP contribution < -0.4 is 20.1 Å². The first-order valence-electron chi connectivity index (χ1n) is 7.90. The van der Waals surface area contributed by atoms with Gasteiger partial charge in [-0.1, -0.05) is 12.8 Å². The van der Waals surface area contributed by atoms with Crippen molar-refractivity contribution in [3.8, 4) is 11.5 Å². The van der Waals surface area contributed by atoms with Crippen molar-refractivity contribution in [3.63, 3.8) is 0 Å². The van der Waals surface area contributed by atoms with Gasteiger partial charge in [0.25, 0.3) is 0 Å². The molecule has 22 heavy (non-hydrogen) atoms. The monoisotopic (exact) mass is 306 g/mol. The van der Waals surface area contributed by atoms with Crippen LogP contribution in [0, 0.1) is 6.92 Å². The number of benzene rings is 1. The van der Waals surface area contributed by atoms with Crippen molar-refractivity contribution < 1.29 is 14.3 Å². The quantitative estimate of drug-likeness (QED) is 0.849. The Morgan fingerprint density at radius 2 is 1.82 bits per heavy atom. The van der Waals surface area contributed by atoms with Crippen molar-refractivity contribution in [2.24, 2.45) is 0 Å². The first-order valence-corrected chi connectivity index (χ1v) is 7.90. The van der Waals surface area contributed by atoms with Crippen LogP contribution in [0.4, 0.5) is 4.79 Å². The van der Waals surface area contributed by atoms with E-state index in [1.165, 1.54) is 12.8 Å². The summed E-state index contributed by atoms with van der Waals surface area (Å²) in [6.45, 7) is 2.64. The molecule has 2 amide bonds. The lowest BCUT2D eigenvalue weighted by molar-refractivity contribution is 0.237. The summed E-state index contributed by atoms with van der Waals surface area (Å²) in [6.07, 6.45) is 5.40. The Morgan fingerprint density at radius 1 is 1.18 bits per heavy atom. The molecule has 0 radical (unpaired) electrons. The largest absolute Gasteiger partial charge is 0.493 e. The van der Waals surface area contributed by atoms with E-state index < -0.39 is 0 Å². The van der Waals surface area contributed by atoms with E-state index in [0.29, 0.717) is 12.6 Å².